The number of benzene rings is 1. The van der Waals surface area contributed by atoms with E-state index in [1.54, 1.807) is 6.07 Å². The number of thiophene rings is 1. The number of rotatable bonds is 3. The molecule has 1 fully saturated rings. The maximum atomic E-state index is 14.2. The van der Waals surface area contributed by atoms with Gasteiger partial charge in [-0.15, -0.1) is 11.3 Å². The van der Waals surface area contributed by atoms with Crippen LogP contribution in [0.25, 0.3) is 10.1 Å². The van der Waals surface area contributed by atoms with Crippen molar-refractivity contribution in [2.24, 2.45) is 4.99 Å². The molecule has 0 radical (unpaired) electrons. The van der Waals surface area contributed by atoms with E-state index < -0.39 is 0 Å². The maximum Gasteiger partial charge on any atom is 0.265 e. The molecule has 1 atom stereocenters. The first-order valence-electron chi connectivity index (χ1n) is 9.03. The number of halogens is 2. The van der Waals surface area contributed by atoms with E-state index in [1.807, 2.05) is 12.3 Å². The molecule has 6 heteroatoms. The minimum absolute atomic E-state index is 0.0453. The highest BCUT2D eigenvalue weighted by atomic mass is 79.9. The van der Waals surface area contributed by atoms with Crippen LogP contribution in [0.4, 0.5) is 4.39 Å². The Labute approximate surface area is 163 Å². The molecule has 0 bridgehead atoms. The molecule has 26 heavy (non-hydrogen) atoms. The Morgan fingerprint density at radius 2 is 2.12 bits per heavy atom. The summed E-state index contributed by atoms with van der Waals surface area (Å²) in [7, 11) is 0. The van der Waals surface area contributed by atoms with E-state index in [-0.39, 0.29) is 17.8 Å². The Bertz CT molecular complexity index is 976. The van der Waals surface area contributed by atoms with Crippen molar-refractivity contribution in [3.05, 3.63) is 44.5 Å². The van der Waals surface area contributed by atoms with Crippen molar-refractivity contribution in [1.29, 1.82) is 0 Å². The number of hydrogen-bond donors (Lipinski definition) is 0. The third-order valence-electron chi connectivity index (χ3n) is 5.59. The Morgan fingerprint density at radius 1 is 1.27 bits per heavy atom. The monoisotopic (exact) mass is 432 g/mol. The molecule has 0 spiro atoms. The van der Waals surface area contributed by atoms with Crippen LogP contribution in [0.1, 0.15) is 41.8 Å². The van der Waals surface area contributed by atoms with Crippen molar-refractivity contribution in [2.75, 3.05) is 6.54 Å². The van der Waals surface area contributed by atoms with Gasteiger partial charge in [-0.3, -0.25) is 9.79 Å². The summed E-state index contributed by atoms with van der Waals surface area (Å²) >= 11 is 4.82. The molecule has 1 saturated carbocycles. The van der Waals surface area contributed by atoms with Gasteiger partial charge in [-0.2, -0.15) is 0 Å². The van der Waals surface area contributed by atoms with Crippen LogP contribution in [0.5, 0.6) is 0 Å². The highest BCUT2D eigenvalue weighted by molar-refractivity contribution is 9.10. The summed E-state index contributed by atoms with van der Waals surface area (Å²) in [5.74, 6) is -0.219. The zero-order valence-corrected chi connectivity index (χ0v) is 16.6. The molecule has 0 N–H and O–H groups in total. The van der Waals surface area contributed by atoms with Crippen LogP contribution in [-0.4, -0.2) is 35.7 Å². The average molecular weight is 433 g/mol. The Kier molecular flexibility index (Phi) is 4.01. The Hall–Kier alpha value is -1.53. The molecular weight excluding hydrogens is 415 g/mol. The van der Waals surface area contributed by atoms with Gasteiger partial charge in [0, 0.05) is 28.2 Å². The van der Waals surface area contributed by atoms with Crippen molar-refractivity contribution in [3.63, 3.8) is 0 Å². The Morgan fingerprint density at radius 3 is 2.88 bits per heavy atom. The number of nitrogens with zero attached hydrogens (tertiary/aromatic N) is 2. The molecule has 2 aliphatic carbocycles. The van der Waals surface area contributed by atoms with Gasteiger partial charge in [0.2, 0.25) is 0 Å². The molecule has 0 saturated heterocycles. The lowest BCUT2D eigenvalue weighted by atomic mass is 9.88. The van der Waals surface area contributed by atoms with Crippen LogP contribution in [0.15, 0.2) is 38.8 Å². The summed E-state index contributed by atoms with van der Waals surface area (Å²) in [6.07, 6.45) is 7.05. The molecule has 3 aliphatic rings. The second-order valence-corrected chi connectivity index (χ2v) is 9.11. The lowest BCUT2D eigenvalue weighted by Gasteiger charge is -2.35. The van der Waals surface area contributed by atoms with Crippen LogP contribution in [0.3, 0.4) is 0 Å². The number of amides is 1. The molecule has 1 amide bonds. The van der Waals surface area contributed by atoms with Crippen molar-refractivity contribution in [1.82, 2.24) is 4.90 Å². The SMILES string of the molecule is O=C(c1sc2c(F)cccc2c1Br)N(C1CC1)C1CCC2=C(C=NC2)C1. The Balaban J connectivity index is 1.50. The minimum Gasteiger partial charge on any atom is -0.332 e. The predicted octanol–water partition coefficient (Wildman–Crippen LogP) is 5.34. The fourth-order valence-corrected chi connectivity index (χ4v) is 6.04. The van der Waals surface area contributed by atoms with E-state index >= 15 is 0 Å². The van der Waals surface area contributed by atoms with Crippen molar-refractivity contribution >= 4 is 49.5 Å². The second kappa shape index (κ2) is 6.27. The fraction of sp³-hybridized carbons (Fsp3) is 0.400. The second-order valence-electron chi connectivity index (χ2n) is 7.30. The maximum absolute atomic E-state index is 14.2. The first-order valence-corrected chi connectivity index (χ1v) is 10.6. The average Bonchev–Trinajstić information content (AvgIpc) is 3.24. The summed E-state index contributed by atoms with van der Waals surface area (Å²) in [5.41, 5.74) is 2.76. The zero-order valence-electron chi connectivity index (χ0n) is 14.2. The van der Waals surface area contributed by atoms with Crippen LogP contribution < -0.4 is 0 Å². The lowest BCUT2D eigenvalue weighted by molar-refractivity contribution is 0.0649. The van der Waals surface area contributed by atoms with Gasteiger partial charge in [0.05, 0.1) is 11.2 Å². The van der Waals surface area contributed by atoms with Gasteiger partial charge in [-0.1, -0.05) is 12.1 Å². The van der Waals surface area contributed by atoms with E-state index in [4.69, 9.17) is 0 Å². The normalized spacial score (nSPS) is 22.2. The van der Waals surface area contributed by atoms with Crippen molar-refractivity contribution in [2.45, 2.75) is 44.2 Å². The molecule has 5 rings (SSSR count). The molecule has 1 aromatic carbocycles. The first-order chi connectivity index (χ1) is 12.6. The topological polar surface area (TPSA) is 32.7 Å². The largest absolute Gasteiger partial charge is 0.332 e. The van der Waals surface area contributed by atoms with Gasteiger partial charge in [0.15, 0.2) is 0 Å². The zero-order chi connectivity index (χ0) is 17.8. The van der Waals surface area contributed by atoms with Crippen LogP contribution in [0, 0.1) is 5.82 Å². The summed E-state index contributed by atoms with van der Waals surface area (Å²) in [6, 6.07) is 5.56. The van der Waals surface area contributed by atoms with Gasteiger partial charge < -0.3 is 4.90 Å². The summed E-state index contributed by atoms with van der Waals surface area (Å²) in [4.78, 5) is 20.6. The van der Waals surface area contributed by atoms with Gasteiger partial charge in [0.1, 0.15) is 10.7 Å². The van der Waals surface area contributed by atoms with Crippen LogP contribution in [-0.2, 0) is 0 Å². The van der Waals surface area contributed by atoms with Crippen molar-refractivity contribution < 1.29 is 9.18 Å². The van der Waals surface area contributed by atoms with Gasteiger partial charge in [-0.25, -0.2) is 4.39 Å². The van der Waals surface area contributed by atoms with Gasteiger partial charge in [-0.05, 0) is 65.2 Å². The summed E-state index contributed by atoms with van der Waals surface area (Å²) in [6.45, 7) is 0.834. The van der Waals surface area contributed by atoms with E-state index in [1.165, 1.54) is 28.5 Å². The molecule has 1 aromatic heterocycles. The van der Waals surface area contributed by atoms with Gasteiger partial charge >= 0.3 is 0 Å². The summed E-state index contributed by atoms with van der Waals surface area (Å²) in [5, 5.41) is 0.783. The molecule has 1 unspecified atom stereocenters. The predicted molar refractivity (Wildman–Crippen MR) is 107 cm³/mol. The molecular formula is C20H18BrFN2OS. The quantitative estimate of drug-likeness (QED) is 0.643. The van der Waals surface area contributed by atoms with E-state index in [9.17, 15) is 9.18 Å². The number of carbonyl (C=O) groups is 1. The van der Waals surface area contributed by atoms with E-state index in [0.717, 1.165) is 48.5 Å². The molecule has 2 aromatic rings. The molecule has 1 aliphatic heterocycles. The van der Waals surface area contributed by atoms with E-state index in [2.05, 4.69) is 25.8 Å². The minimum atomic E-state index is -0.264. The molecule has 3 nitrogen and oxygen atoms in total. The number of hydrogen-bond acceptors (Lipinski definition) is 3. The highest BCUT2D eigenvalue weighted by Crippen LogP contribution is 2.42. The first kappa shape index (κ1) is 16.6. The third-order valence-corrected chi connectivity index (χ3v) is 7.88. The van der Waals surface area contributed by atoms with Crippen molar-refractivity contribution in [3.8, 4) is 0 Å². The molecule has 134 valence electrons. The highest BCUT2D eigenvalue weighted by Gasteiger charge is 2.40. The fourth-order valence-electron chi connectivity index (χ4n) is 4.12. The summed E-state index contributed by atoms with van der Waals surface area (Å²) < 4.78 is 15.4. The van der Waals surface area contributed by atoms with Gasteiger partial charge in [0.25, 0.3) is 5.91 Å². The standard InChI is InChI=1S/C20H18BrFN2OS/c21-17-15-2-1-3-16(22)18(15)26-19(17)20(25)24(13-6-7-13)14-5-4-11-9-23-10-12(11)8-14/h1-3,10,13-14H,4-9H2. The lowest BCUT2D eigenvalue weighted by Crippen LogP contribution is -2.43. The molecule has 2 heterocycles. The van der Waals surface area contributed by atoms with E-state index in [0.29, 0.717) is 15.6 Å². The number of fused-ring (bicyclic) bond motifs is 1. The van der Waals surface area contributed by atoms with Crippen LogP contribution >= 0.6 is 27.3 Å². The van der Waals surface area contributed by atoms with Crippen LogP contribution in [0.2, 0.25) is 0 Å². The number of aliphatic imine (C=N–C) groups is 1. The number of carbonyl (C=O) groups excluding carboxylic acids is 1. The third kappa shape index (κ3) is 2.65. The smallest absolute Gasteiger partial charge is 0.265 e.